The Bertz CT molecular complexity index is 606. The maximum absolute atomic E-state index is 12.5. The van der Waals surface area contributed by atoms with Crippen LogP contribution < -0.4 is 5.32 Å². The van der Waals surface area contributed by atoms with E-state index < -0.39 is 0 Å². The van der Waals surface area contributed by atoms with E-state index in [2.05, 4.69) is 10.3 Å². The van der Waals surface area contributed by atoms with Crippen LogP contribution in [0.2, 0.25) is 0 Å². The summed E-state index contributed by atoms with van der Waals surface area (Å²) in [6, 6.07) is 5.52. The first-order chi connectivity index (χ1) is 12.3. The van der Waals surface area contributed by atoms with E-state index in [4.69, 9.17) is 4.74 Å². The van der Waals surface area contributed by atoms with Crippen molar-refractivity contribution in [3.8, 4) is 0 Å². The molecule has 0 saturated carbocycles. The highest BCUT2D eigenvalue weighted by Crippen LogP contribution is 2.20. The molecule has 0 spiro atoms. The van der Waals surface area contributed by atoms with E-state index in [9.17, 15) is 9.59 Å². The van der Waals surface area contributed by atoms with E-state index in [0.717, 1.165) is 5.69 Å². The van der Waals surface area contributed by atoms with Gasteiger partial charge in [0.15, 0.2) is 0 Å². The zero-order chi connectivity index (χ0) is 19.3. The van der Waals surface area contributed by atoms with E-state index in [-0.39, 0.29) is 41.9 Å². The monoisotopic (exact) mass is 361 g/mol. The first-order valence-corrected chi connectivity index (χ1v) is 9.43. The molecule has 0 aromatic carbocycles. The fourth-order valence-corrected chi connectivity index (χ4v) is 3.28. The van der Waals surface area contributed by atoms with Gasteiger partial charge in [0.25, 0.3) is 0 Å². The highest BCUT2D eigenvalue weighted by molar-refractivity contribution is 5.79. The van der Waals surface area contributed by atoms with Crippen LogP contribution in [0.3, 0.4) is 0 Å². The predicted molar refractivity (Wildman–Crippen MR) is 100 cm³/mol. The van der Waals surface area contributed by atoms with Gasteiger partial charge in [-0.25, -0.2) is 0 Å². The standard InChI is InChI=1S/C20H31N3O3/c1-13(2)20(25)23-11-15(4)26-17(12-23)10-14(3)19(24)22-16(5)18-8-6-7-9-21-18/h6-9,13-17H,10-12H2,1-5H3,(H,22,24)/t14?,15-,16+,17?/m0/s1. The van der Waals surface area contributed by atoms with Gasteiger partial charge in [-0.3, -0.25) is 14.6 Å². The highest BCUT2D eigenvalue weighted by atomic mass is 16.5. The first kappa shape index (κ1) is 20.4. The number of nitrogens with zero attached hydrogens (tertiary/aromatic N) is 2. The molecule has 1 aromatic rings. The summed E-state index contributed by atoms with van der Waals surface area (Å²) >= 11 is 0. The summed E-state index contributed by atoms with van der Waals surface area (Å²) < 4.78 is 5.97. The van der Waals surface area contributed by atoms with Gasteiger partial charge in [-0.2, -0.15) is 0 Å². The Balaban J connectivity index is 1.90. The molecule has 0 aliphatic carbocycles. The van der Waals surface area contributed by atoms with Gasteiger partial charge >= 0.3 is 0 Å². The minimum atomic E-state index is -0.201. The summed E-state index contributed by atoms with van der Waals surface area (Å²) in [4.78, 5) is 31.0. The number of amides is 2. The Labute approximate surface area is 156 Å². The summed E-state index contributed by atoms with van der Waals surface area (Å²) in [7, 11) is 0. The Kier molecular flexibility index (Phi) is 7.14. The molecule has 1 N–H and O–H groups in total. The number of morpholine rings is 1. The largest absolute Gasteiger partial charge is 0.372 e. The lowest BCUT2D eigenvalue weighted by Crippen LogP contribution is -2.51. The van der Waals surface area contributed by atoms with E-state index in [1.807, 2.05) is 57.7 Å². The average molecular weight is 361 g/mol. The van der Waals surface area contributed by atoms with E-state index >= 15 is 0 Å². The molecule has 26 heavy (non-hydrogen) atoms. The van der Waals surface area contributed by atoms with Gasteiger partial charge in [-0.15, -0.1) is 0 Å². The van der Waals surface area contributed by atoms with Crippen LogP contribution >= 0.6 is 0 Å². The van der Waals surface area contributed by atoms with Crippen molar-refractivity contribution in [2.24, 2.45) is 11.8 Å². The molecule has 1 aromatic heterocycles. The smallest absolute Gasteiger partial charge is 0.225 e. The van der Waals surface area contributed by atoms with Crippen LogP contribution in [0.15, 0.2) is 24.4 Å². The zero-order valence-corrected chi connectivity index (χ0v) is 16.4. The Hall–Kier alpha value is -1.95. The number of nitrogens with one attached hydrogen (secondary N) is 1. The van der Waals surface area contributed by atoms with Gasteiger partial charge in [0, 0.05) is 31.1 Å². The fourth-order valence-electron chi connectivity index (χ4n) is 3.28. The Morgan fingerprint density at radius 2 is 2.00 bits per heavy atom. The van der Waals surface area contributed by atoms with Gasteiger partial charge in [-0.05, 0) is 32.4 Å². The minimum Gasteiger partial charge on any atom is -0.372 e. The zero-order valence-electron chi connectivity index (χ0n) is 16.4. The summed E-state index contributed by atoms with van der Waals surface area (Å²) in [6.45, 7) is 10.8. The van der Waals surface area contributed by atoms with Gasteiger partial charge in [0.05, 0.1) is 23.9 Å². The molecule has 2 unspecified atom stereocenters. The molecule has 1 fully saturated rings. The average Bonchev–Trinajstić information content (AvgIpc) is 2.61. The van der Waals surface area contributed by atoms with Crippen LogP contribution in [-0.4, -0.2) is 47.0 Å². The maximum atomic E-state index is 12.5. The number of hydrogen-bond acceptors (Lipinski definition) is 4. The van der Waals surface area contributed by atoms with Gasteiger partial charge in [0.2, 0.25) is 11.8 Å². The molecule has 2 heterocycles. The molecule has 2 amide bonds. The van der Waals surface area contributed by atoms with Gasteiger partial charge < -0.3 is 15.0 Å². The molecule has 6 heteroatoms. The number of ether oxygens (including phenoxy) is 1. The van der Waals surface area contributed by atoms with E-state index in [0.29, 0.717) is 19.5 Å². The van der Waals surface area contributed by atoms with E-state index in [1.165, 1.54) is 0 Å². The van der Waals surface area contributed by atoms with Crippen molar-refractivity contribution in [3.63, 3.8) is 0 Å². The predicted octanol–water partition coefficient (Wildman–Crippen LogP) is 2.56. The molecular formula is C20H31N3O3. The molecule has 2 rings (SSSR count). The van der Waals surface area contributed by atoms with Crippen molar-refractivity contribution >= 4 is 11.8 Å². The number of pyridine rings is 1. The summed E-state index contributed by atoms with van der Waals surface area (Å²) in [5, 5.41) is 3.01. The molecule has 0 radical (unpaired) electrons. The van der Waals surface area contributed by atoms with Crippen LogP contribution in [-0.2, 0) is 14.3 Å². The van der Waals surface area contributed by atoms with Crippen molar-refractivity contribution in [1.29, 1.82) is 0 Å². The van der Waals surface area contributed by atoms with Crippen LogP contribution in [0, 0.1) is 11.8 Å². The van der Waals surface area contributed by atoms with Gasteiger partial charge in [0.1, 0.15) is 0 Å². The second-order valence-electron chi connectivity index (χ2n) is 7.59. The van der Waals surface area contributed by atoms with Crippen molar-refractivity contribution < 1.29 is 14.3 Å². The number of carbonyl (C=O) groups excluding carboxylic acids is 2. The van der Waals surface area contributed by atoms with Crippen molar-refractivity contribution in [2.75, 3.05) is 13.1 Å². The quantitative estimate of drug-likeness (QED) is 0.845. The molecule has 1 saturated heterocycles. The highest BCUT2D eigenvalue weighted by Gasteiger charge is 2.31. The lowest BCUT2D eigenvalue weighted by molar-refractivity contribution is -0.149. The Morgan fingerprint density at radius 3 is 2.62 bits per heavy atom. The van der Waals surface area contributed by atoms with Crippen LogP contribution in [0.5, 0.6) is 0 Å². The number of rotatable bonds is 6. The maximum Gasteiger partial charge on any atom is 0.225 e. The normalized spacial score (nSPS) is 22.8. The second-order valence-corrected chi connectivity index (χ2v) is 7.59. The fraction of sp³-hybridized carbons (Fsp3) is 0.650. The molecular weight excluding hydrogens is 330 g/mol. The third kappa shape index (κ3) is 5.53. The van der Waals surface area contributed by atoms with Crippen LogP contribution in [0.4, 0.5) is 0 Å². The van der Waals surface area contributed by atoms with Crippen molar-refractivity contribution in [3.05, 3.63) is 30.1 Å². The molecule has 1 aliphatic heterocycles. The third-order valence-corrected chi connectivity index (χ3v) is 4.69. The van der Waals surface area contributed by atoms with Gasteiger partial charge in [-0.1, -0.05) is 26.8 Å². The van der Waals surface area contributed by atoms with Crippen LogP contribution in [0.25, 0.3) is 0 Å². The summed E-state index contributed by atoms with van der Waals surface area (Å²) in [5.74, 6) is -0.105. The lowest BCUT2D eigenvalue weighted by atomic mass is 9.99. The van der Waals surface area contributed by atoms with Crippen molar-refractivity contribution in [2.45, 2.75) is 59.3 Å². The summed E-state index contributed by atoms with van der Waals surface area (Å²) in [6.07, 6.45) is 2.18. The van der Waals surface area contributed by atoms with E-state index in [1.54, 1.807) is 6.20 Å². The van der Waals surface area contributed by atoms with Crippen LogP contribution in [0.1, 0.15) is 52.8 Å². The number of hydrogen-bond donors (Lipinski definition) is 1. The lowest BCUT2D eigenvalue weighted by Gasteiger charge is -2.38. The SMILES string of the molecule is CC(C)C(=O)N1CC(CC(C)C(=O)N[C@H](C)c2ccccn2)O[C@@H](C)C1. The Morgan fingerprint density at radius 1 is 1.27 bits per heavy atom. The van der Waals surface area contributed by atoms with Crippen molar-refractivity contribution in [1.82, 2.24) is 15.2 Å². The number of aromatic nitrogens is 1. The number of carbonyl (C=O) groups is 2. The minimum absolute atomic E-state index is 0.0147. The second kappa shape index (κ2) is 9.12. The molecule has 0 bridgehead atoms. The summed E-state index contributed by atoms with van der Waals surface area (Å²) in [5.41, 5.74) is 0.837. The molecule has 6 nitrogen and oxygen atoms in total. The molecule has 4 atom stereocenters. The molecule has 1 aliphatic rings. The topological polar surface area (TPSA) is 71.5 Å². The third-order valence-electron chi connectivity index (χ3n) is 4.69. The molecule has 144 valence electrons. The first-order valence-electron chi connectivity index (χ1n) is 9.43.